The lowest BCUT2D eigenvalue weighted by Gasteiger charge is -2.36. The minimum Gasteiger partial charge on any atom is -0.320 e. The van der Waals surface area contributed by atoms with Gasteiger partial charge in [0.05, 0.1) is 16.3 Å². The number of anilines is 2. The van der Waals surface area contributed by atoms with Crippen LogP contribution < -0.4 is 10.2 Å². The second-order valence-corrected chi connectivity index (χ2v) is 7.88. The highest BCUT2D eigenvalue weighted by molar-refractivity contribution is 7.12. The highest BCUT2D eigenvalue weighted by atomic mass is 32.1. The fraction of sp³-hybridized carbons (Fsp3) is 0.182. The molecule has 1 N–H and O–H groups in total. The van der Waals surface area contributed by atoms with Gasteiger partial charge in [-0.15, -0.1) is 11.3 Å². The van der Waals surface area contributed by atoms with E-state index in [2.05, 4.69) is 5.32 Å². The summed E-state index contributed by atoms with van der Waals surface area (Å²) in [5.41, 5.74) is 1.51. The third-order valence-electron chi connectivity index (χ3n) is 4.79. The molecule has 0 radical (unpaired) electrons. The number of benzene rings is 2. The average Bonchev–Trinajstić information content (AvgIpc) is 3.25. The molecule has 0 saturated carbocycles. The van der Waals surface area contributed by atoms with Crippen LogP contribution >= 0.6 is 11.3 Å². The van der Waals surface area contributed by atoms with Crippen LogP contribution in [0.4, 0.5) is 25.0 Å². The fourth-order valence-corrected chi connectivity index (χ4v) is 4.10. The zero-order chi connectivity index (χ0) is 21.1. The first-order chi connectivity index (χ1) is 14.5. The quantitative estimate of drug-likeness (QED) is 0.615. The molecule has 1 saturated heterocycles. The van der Waals surface area contributed by atoms with Gasteiger partial charge in [-0.25, -0.2) is 13.6 Å². The molecule has 0 unspecified atom stereocenters. The molecular weight excluding hydrogens is 408 g/mol. The van der Waals surface area contributed by atoms with Gasteiger partial charge in [-0.05, 0) is 47.7 Å². The normalized spacial score (nSPS) is 14.1. The predicted octanol–water partition coefficient (Wildman–Crippen LogP) is 5.11. The van der Waals surface area contributed by atoms with Crippen molar-refractivity contribution in [1.82, 2.24) is 4.90 Å². The number of nitrogens with one attached hydrogen (secondary N) is 1. The fourth-order valence-electron chi connectivity index (χ4n) is 3.48. The summed E-state index contributed by atoms with van der Waals surface area (Å²) < 4.78 is 27.0. The third-order valence-corrected chi connectivity index (χ3v) is 5.66. The molecule has 3 amide bonds. The van der Waals surface area contributed by atoms with Crippen molar-refractivity contribution in [1.29, 1.82) is 0 Å². The first kappa shape index (κ1) is 20.0. The van der Waals surface area contributed by atoms with Crippen LogP contribution in [0.1, 0.15) is 21.7 Å². The molecule has 154 valence electrons. The van der Waals surface area contributed by atoms with E-state index in [9.17, 15) is 18.4 Å². The predicted molar refractivity (Wildman–Crippen MR) is 113 cm³/mol. The van der Waals surface area contributed by atoms with Crippen LogP contribution in [0.5, 0.6) is 0 Å². The Labute approximate surface area is 176 Å². The van der Waals surface area contributed by atoms with E-state index in [4.69, 9.17) is 0 Å². The largest absolute Gasteiger partial charge is 0.324 e. The number of thiophene rings is 1. The van der Waals surface area contributed by atoms with Gasteiger partial charge < -0.3 is 10.2 Å². The Kier molecular flexibility index (Phi) is 5.76. The summed E-state index contributed by atoms with van der Waals surface area (Å²) in [6.45, 7) is 1.07. The number of nitrogens with zero attached hydrogens (tertiary/aromatic N) is 2. The highest BCUT2D eigenvalue weighted by Crippen LogP contribution is 2.30. The number of carbonyl (C=O) groups is 2. The Hall–Kier alpha value is -3.26. The summed E-state index contributed by atoms with van der Waals surface area (Å²) in [5, 5.41) is 4.69. The summed E-state index contributed by atoms with van der Waals surface area (Å²) in [5.74, 6) is -1.59. The Morgan fingerprint density at radius 3 is 2.53 bits per heavy atom. The van der Waals surface area contributed by atoms with Gasteiger partial charge in [0.25, 0.3) is 5.91 Å². The van der Waals surface area contributed by atoms with Gasteiger partial charge in [0.2, 0.25) is 0 Å². The van der Waals surface area contributed by atoms with Gasteiger partial charge in [-0.2, -0.15) is 0 Å². The van der Waals surface area contributed by atoms with Crippen LogP contribution in [0.15, 0.2) is 60.0 Å². The molecular formula is C22H19F2N3O2S. The highest BCUT2D eigenvalue weighted by Gasteiger charge is 2.28. The zero-order valence-electron chi connectivity index (χ0n) is 16.0. The second kappa shape index (κ2) is 8.62. The maximum Gasteiger partial charge on any atom is 0.324 e. The Morgan fingerprint density at radius 2 is 1.80 bits per heavy atom. The molecule has 1 aliphatic rings. The van der Waals surface area contributed by atoms with Gasteiger partial charge in [-0.3, -0.25) is 9.69 Å². The molecule has 2 heterocycles. The van der Waals surface area contributed by atoms with Crippen molar-refractivity contribution in [3.8, 4) is 0 Å². The monoisotopic (exact) mass is 427 g/mol. The molecule has 0 spiro atoms. The average molecular weight is 427 g/mol. The smallest absolute Gasteiger partial charge is 0.320 e. The molecule has 30 heavy (non-hydrogen) atoms. The van der Waals surface area contributed by atoms with E-state index in [1.54, 1.807) is 46.2 Å². The first-order valence-corrected chi connectivity index (χ1v) is 10.3. The van der Waals surface area contributed by atoms with Gasteiger partial charge in [0.15, 0.2) is 0 Å². The van der Waals surface area contributed by atoms with Crippen LogP contribution in [-0.4, -0.2) is 29.9 Å². The Bertz CT molecular complexity index is 1050. The third kappa shape index (κ3) is 4.33. The van der Waals surface area contributed by atoms with E-state index in [-0.39, 0.29) is 18.5 Å². The summed E-state index contributed by atoms with van der Waals surface area (Å²) >= 11 is 1.33. The minimum absolute atomic E-state index is 0.105. The number of rotatable bonds is 5. The topological polar surface area (TPSA) is 52.7 Å². The molecule has 1 aromatic heterocycles. The lowest BCUT2D eigenvalue weighted by Crippen LogP contribution is -2.49. The van der Waals surface area contributed by atoms with Crippen molar-refractivity contribution in [3.05, 3.63) is 82.1 Å². The molecule has 4 rings (SSSR count). The number of hydrogen-bond donors (Lipinski definition) is 1. The lowest BCUT2D eigenvalue weighted by molar-refractivity contribution is 0.103. The standard InChI is InChI=1S/C22H19F2N3O2S/c23-16-11-15(12-17(24)13-16)14-26-8-4-9-27(22(26)29)19-6-2-1-5-18(19)25-21(28)20-7-3-10-30-20/h1-3,5-7,10-13H,4,8-9,14H2,(H,25,28). The van der Waals surface area contributed by atoms with E-state index in [0.29, 0.717) is 41.3 Å². The van der Waals surface area contributed by atoms with E-state index in [1.807, 2.05) is 5.38 Å². The van der Waals surface area contributed by atoms with Crippen LogP contribution in [0.25, 0.3) is 0 Å². The SMILES string of the molecule is O=C(Nc1ccccc1N1CCCN(Cc2cc(F)cc(F)c2)C1=O)c1cccs1. The molecule has 8 heteroatoms. The molecule has 0 aliphatic carbocycles. The van der Waals surface area contributed by atoms with Gasteiger partial charge in [-0.1, -0.05) is 18.2 Å². The van der Waals surface area contributed by atoms with Crippen molar-refractivity contribution < 1.29 is 18.4 Å². The summed E-state index contributed by atoms with van der Waals surface area (Å²) in [4.78, 5) is 29.3. The van der Waals surface area contributed by atoms with Crippen LogP contribution in [0, 0.1) is 11.6 Å². The minimum atomic E-state index is -0.673. The van der Waals surface area contributed by atoms with Gasteiger partial charge in [0.1, 0.15) is 11.6 Å². The van der Waals surface area contributed by atoms with E-state index in [0.717, 1.165) is 6.07 Å². The number of hydrogen-bond acceptors (Lipinski definition) is 3. The lowest BCUT2D eigenvalue weighted by atomic mass is 10.1. The van der Waals surface area contributed by atoms with Crippen LogP contribution in [0.3, 0.4) is 0 Å². The maximum absolute atomic E-state index is 13.5. The van der Waals surface area contributed by atoms with E-state index in [1.165, 1.54) is 23.5 Å². The number of carbonyl (C=O) groups excluding carboxylic acids is 2. The van der Waals surface area contributed by atoms with Crippen LogP contribution in [-0.2, 0) is 6.54 Å². The maximum atomic E-state index is 13.5. The second-order valence-electron chi connectivity index (χ2n) is 6.94. The number of amides is 3. The number of halogens is 2. The molecule has 0 bridgehead atoms. The number of urea groups is 1. The van der Waals surface area contributed by atoms with Crippen molar-refractivity contribution in [3.63, 3.8) is 0 Å². The first-order valence-electron chi connectivity index (χ1n) is 9.46. The molecule has 1 fully saturated rings. The molecule has 3 aromatic rings. The molecule has 0 atom stereocenters. The van der Waals surface area contributed by atoms with Crippen molar-refractivity contribution in [2.75, 3.05) is 23.3 Å². The summed E-state index contributed by atoms with van der Waals surface area (Å²) in [7, 11) is 0. The molecule has 1 aliphatic heterocycles. The van der Waals surface area contributed by atoms with Crippen molar-refractivity contribution >= 4 is 34.6 Å². The zero-order valence-corrected chi connectivity index (χ0v) is 16.8. The Balaban J connectivity index is 1.55. The van der Waals surface area contributed by atoms with Crippen molar-refractivity contribution in [2.45, 2.75) is 13.0 Å². The van der Waals surface area contributed by atoms with Crippen molar-refractivity contribution in [2.24, 2.45) is 0 Å². The van der Waals surface area contributed by atoms with Crippen LogP contribution in [0.2, 0.25) is 0 Å². The van der Waals surface area contributed by atoms with Gasteiger partial charge >= 0.3 is 6.03 Å². The Morgan fingerprint density at radius 1 is 1.03 bits per heavy atom. The summed E-state index contributed by atoms with van der Waals surface area (Å²) in [6.07, 6.45) is 0.691. The molecule has 2 aromatic carbocycles. The van der Waals surface area contributed by atoms with Gasteiger partial charge in [0, 0.05) is 25.7 Å². The molecule has 5 nitrogen and oxygen atoms in total. The summed E-state index contributed by atoms with van der Waals surface area (Å²) in [6, 6.07) is 13.6. The van der Waals surface area contributed by atoms with E-state index < -0.39 is 11.6 Å². The van der Waals surface area contributed by atoms with E-state index >= 15 is 0 Å². The number of para-hydroxylation sites is 2.